The lowest BCUT2D eigenvalue weighted by molar-refractivity contribution is 0.349. The molecule has 0 aliphatic heterocycles. The topological polar surface area (TPSA) is 49.8 Å². The molecule has 0 bridgehead atoms. The third kappa shape index (κ3) is 7.34. The molecular weight excluding hydrogens is 751 g/mol. The number of hydrogen-bond acceptors (Lipinski definition) is 5. The summed E-state index contributed by atoms with van der Waals surface area (Å²) in [6, 6.07) is 37.3. The van der Waals surface area contributed by atoms with Gasteiger partial charge in [0.1, 0.15) is 24.9 Å². The van der Waals surface area contributed by atoms with Gasteiger partial charge in [-0.3, -0.25) is 4.98 Å². The summed E-state index contributed by atoms with van der Waals surface area (Å²) in [4.78, 5) is 4.60. The number of benzene rings is 5. The van der Waals surface area contributed by atoms with Gasteiger partial charge in [0.15, 0.2) is 23.0 Å². The lowest BCUT2D eigenvalue weighted by Crippen LogP contribution is -2.26. The third-order valence-corrected chi connectivity index (χ3v) is 10.1. The molecule has 2 aliphatic rings. The maximum absolute atomic E-state index is 6.31. The molecule has 0 amide bonds. The molecule has 5 heteroatoms. The van der Waals surface area contributed by atoms with Crippen molar-refractivity contribution >= 4 is 0 Å². The fourth-order valence-electron chi connectivity index (χ4n) is 7.83. The molecule has 0 radical (unpaired) electrons. The summed E-state index contributed by atoms with van der Waals surface area (Å²) in [7, 11) is 0. The predicted molar refractivity (Wildman–Crippen MR) is 239 cm³/mol. The molecule has 284 valence electrons. The van der Waals surface area contributed by atoms with Crippen LogP contribution in [0, 0.1) is 95.8 Å². The summed E-state index contributed by atoms with van der Waals surface area (Å²) in [5.41, 5.74) is 11.0. The summed E-state index contributed by atoms with van der Waals surface area (Å²) in [6.45, 7) is 5.14. The lowest BCUT2D eigenvalue weighted by Gasteiger charge is -2.31. The maximum atomic E-state index is 6.31. The quantitative estimate of drug-likeness (QED) is 0.151. The van der Waals surface area contributed by atoms with E-state index in [0.717, 1.165) is 66.9 Å². The Hall–Kier alpha value is -9.07. The Labute approximate surface area is 356 Å². The molecule has 5 nitrogen and oxygen atoms in total. The van der Waals surface area contributed by atoms with Crippen LogP contribution in [0.5, 0.6) is 23.0 Å². The van der Waals surface area contributed by atoms with Crippen LogP contribution in [-0.4, -0.2) is 11.6 Å². The number of terminal acetylenes is 1. The number of fused-ring (bicyclic) bond motifs is 10. The summed E-state index contributed by atoms with van der Waals surface area (Å²) in [5, 5.41) is 0. The maximum Gasteiger partial charge on any atom is 0.184 e. The number of hydrogen-bond donors (Lipinski definition) is 0. The fraction of sp³-hybridized carbons (Fsp3) is 0.0893. The molecule has 1 aromatic heterocycles. The van der Waals surface area contributed by atoms with Gasteiger partial charge in [0.2, 0.25) is 0 Å². The Morgan fingerprint density at radius 3 is 1.72 bits per heavy atom. The van der Waals surface area contributed by atoms with Gasteiger partial charge in [0.25, 0.3) is 0 Å². The molecule has 1 heterocycles. The zero-order chi connectivity index (χ0) is 42.0. The van der Waals surface area contributed by atoms with Crippen LogP contribution < -0.4 is 18.9 Å². The van der Waals surface area contributed by atoms with E-state index in [1.807, 2.05) is 48.7 Å². The minimum absolute atomic E-state index is 0.0181. The Bertz CT molecular complexity index is 3270. The second kappa shape index (κ2) is 17.6. The molecule has 6 aromatic rings. The average Bonchev–Trinajstić information content (AvgIpc) is 3.75. The molecule has 1 atom stereocenters. The van der Waals surface area contributed by atoms with Crippen LogP contribution in [0.15, 0.2) is 115 Å². The highest BCUT2D eigenvalue weighted by Gasteiger charge is 2.53. The monoisotopic (exact) mass is 781 g/mol. The van der Waals surface area contributed by atoms with Crippen LogP contribution in [0.2, 0.25) is 0 Å². The van der Waals surface area contributed by atoms with Crippen molar-refractivity contribution in [1.82, 2.24) is 4.98 Å². The molecule has 0 saturated carbocycles. The van der Waals surface area contributed by atoms with Gasteiger partial charge in [-0.05, 0) is 160 Å². The number of aromatic nitrogens is 1. The minimum atomic E-state index is -0.877. The third-order valence-electron chi connectivity index (χ3n) is 10.1. The van der Waals surface area contributed by atoms with Gasteiger partial charge in [0.05, 0.1) is 11.1 Å². The van der Waals surface area contributed by atoms with Gasteiger partial charge in [-0.2, -0.15) is 0 Å². The van der Waals surface area contributed by atoms with Crippen LogP contribution in [0.4, 0.5) is 0 Å². The summed E-state index contributed by atoms with van der Waals surface area (Å²) in [5.74, 6) is 34.0. The van der Waals surface area contributed by atoms with Gasteiger partial charge in [-0.15, -0.1) is 6.42 Å². The molecule has 0 N–H and O–H groups in total. The van der Waals surface area contributed by atoms with Crippen LogP contribution in [0.1, 0.15) is 43.0 Å². The van der Waals surface area contributed by atoms with E-state index in [9.17, 15) is 0 Å². The second-order valence-electron chi connectivity index (χ2n) is 13.4. The van der Waals surface area contributed by atoms with Crippen LogP contribution in [0.25, 0.3) is 44.6 Å². The molecule has 2 aliphatic carbocycles. The smallest absolute Gasteiger partial charge is 0.184 e. The highest BCUT2D eigenvalue weighted by molar-refractivity contribution is 5.97. The first-order chi connectivity index (χ1) is 30.1. The predicted octanol–water partition coefficient (Wildman–Crippen LogP) is 9.86. The van der Waals surface area contributed by atoms with Gasteiger partial charge in [0, 0.05) is 29.5 Å². The zero-order valence-electron chi connectivity index (χ0n) is 33.3. The first-order valence-electron chi connectivity index (χ1n) is 19.1. The average molecular weight is 782 g/mol. The minimum Gasteiger partial charge on any atom is -0.477 e. The summed E-state index contributed by atoms with van der Waals surface area (Å²) < 4.78 is 24.5. The van der Waals surface area contributed by atoms with Crippen LogP contribution in [0.3, 0.4) is 0 Å². The van der Waals surface area contributed by atoms with Crippen LogP contribution in [-0.2, 0) is 5.41 Å². The Morgan fingerprint density at radius 2 is 1.07 bits per heavy atom. The summed E-state index contributed by atoms with van der Waals surface area (Å²) >= 11 is 0. The van der Waals surface area contributed by atoms with Crippen molar-refractivity contribution < 1.29 is 18.9 Å². The van der Waals surface area contributed by atoms with Crippen molar-refractivity contribution in [1.29, 1.82) is 0 Å². The van der Waals surface area contributed by atoms with Gasteiger partial charge < -0.3 is 18.9 Å². The molecular formula is C56H31NO4. The van der Waals surface area contributed by atoms with E-state index in [4.69, 9.17) is 25.4 Å². The first-order valence-corrected chi connectivity index (χ1v) is 19.1. The van der Waals surface area contributed by atoms with E-state index in [-0.39, 0.29) is 6.61 Å². The van der Waals surface area contributed by atoms with Crippen molar-refractivity contribution in [3.63, 3.8) is 0 Å². The van der Waals surface area contributed by atoms with E-state index in [2.05, 4.69) is 161 Å². The Balaban J connectivity index is 1.41. The molecule has 61 heavy (non-hydrogen) atoms. The first kappa shape index (κ1) is 38.8. The highest BCUT2D eigenvalue weighted by atomic mass is 16.5. The lowest BCUT2D eigenvalue weighted by atomic mass is 9.70. The van der Waals surface area contributed by atoms with E-state index in [1.54, 1.807) is 20.8 Å². The molecule has 5 aromatic carbocycles. The highest BCUT2D eigenvalue weighted by Crippen LogP contribution is 2.65. The van der Waals surface area contributed by atoms with Gasteiger partial charge in [-0.1, -0.05) is 78.4 Å². The van der Waals surface area contributed by atoms with E-state index < -0.39 is 5.41 Å². The Kier molecular flexibility index (Phi) is 11.2. The molecule has 1 spiro atoms. The summed E-state index contributed by atoms with van der Waals surface area (Å²) in [6.07, 6.45) is 15.4. The number of nitrogens with zero attached hydrogens (tertiary/aromatic N) is 1. The van der Waals surface area contributed by atoms with Crippen molar-refractivity contribution in [3.05, 3.63) is 138 Å². The number of rotatable bonds is 7. The SMILES string of the molecule is C#CC#CCOc1cc2c(cc1OC#CC#CC)-c1cc(OC#CC#CC)c(OC#CC#CC)cc1C21c2ccccc2-c2cc(-c3cccc(-c4ccccn4)c3)ccc21. The van der Waals surface area contributed by atoms with Crippen LogP contribution >= 0.6 is 0 Å². The zero-order valence-corrected chi connectivity index (χ0v) is 33.3. The normalized spacial score (nSPS) is 12.4. The van der Waals surface area contributed by atoms with Gasteiger partial charge in [-0.25, -0.2) is 0 Å². The van der Waals surface area contributed by atoms with Gasteiger partial charge >= 0.3 is 0 Å². The molecule has 0 saturated heterocycles. The largest absolute Gasteiger partial charge is 0.477 e. The van der Waals surface area contributed by atoms with Crippen molar-refractivity contribution in [2.24, 2.45) is 0 Å². The van der Waals surface area contributed by atoms with Crippen molar-refractivity contribution in [2.75, 3.05) is 6.61 Å². The number of ether oxygens (including phenoxy) is 4. The fourth-order valence-corrected chi connectivity index (χ4v) is 7.83. The van der Waals surface area contributed by atoms with E-state index in [0.29, 0.717) is 23.0 Å². The van der Waals surface area contributed by atoms with Crippen molar-refractivity contribution in [2.45, 2.75) is 26.2 Å². The Morgan fingerprint density at radius 1 is 0.492 bits per heavy atom. The van der Waals surface area contributed by atoms with E-state index in [1.165, 1.54) is 0 Å². The van der Waals surface area contributed by atoms with E-state index >= 15 is 0 Å². The molecule has 1 unspecified atom stereocenters. The molecule has 8 rings (SSSR count). The number of pyridine rings is 1. The standard InChI is InChI=1S/C56H31NO4/c1-5-9-17-30-58-52-36-45-46-37-53(59-31-18-10-6-2)55(61-33-20-12-8-4)39-50(46)56(49(45)38-54(52)60-32-19-11-7-3)47-25-14-13-24-43(47)44-35-41(27-28-48(44)56)40-22-21-23-42(34-40)51-26-15-16-29-57-51/h3,13-16,21-29,34-39H,32H2,1-2,4H3. The second-order valence-corrected chi connectivity index (χ2v) is 13.4. The van der Waals surface area contributed by atoms with Crippen molar-refractivity contribution in [3.8, 4) is 163 Å². The molecule has 0 fully saturated rings.